The SMILES string of the molecule is Cc1ccc(N(c2ccc3c(c2)C2(c4ccccc4-c4ccccc42)c2cc(N(c4ccc(C)cc4C)c4ccc(C)cc4C)c(C)cc2-3)c2ccc(C)cc2C)c(C)c1. The molecule has 8 aromatic carbocycles. The van der Waals surface area contributed by atoms with E-state index in [2.05, 4.69) is 224 Å². The average Bonchev–Trinajstić information content (AvgIpc) is 3.67. The van der Waals surface area contributed by atoms with Crippen LogP contribution in [0.15, 0.2) is 152 Å². The lowest BCUT2D eigenvalue weighted by Crippen LogP contribution is -2.27. The Morgan fingerprint density at radius 3 is 1.12 bits per heavy atom. The van der Waals surface area contributed by atoms with Crippen molar-refractivity contribution in [1.29, 1.82) is 0 Å². The lowest BCUT2D eigenvalue weighted by atomic mass is 9.70. The van der Waals surface area contributed by atoms with Gasteiger partial charge in [0.25, 0.3) is 0 Å². The maximum absolute atomic E-state index is 2.55. The van der Waals surface area contributed by atoms with Crippen molar-refractivity contribution < 1.29 is 0 Å². The molecule has 294 valence electrons. The summed E-state index contributed by atoms with van der Waals surface area (Å²) in [6, 6.07) is 58.1. The molecular formula is C58H52N2. The summed E-state index contributed by atoms with van der Waals surface area (Å²) in [7, 11) is 0. The fraction of sp³-hybridized carbons (Fsp3) is 0.172. The quantitative estimate of drug-likeness (QED) is 0.166. The summed E-state index contributed by atoms with van der Waals surface area (Å²) in [5.41, 5.74) is 28.5. The second-order valence-corrected chi connectivity index (χ2v) is 17.6. The van der Waals surface area contributed by atoms with Gasteiger partial charge >= 0.3 is 0 Å². The van der Waals surface area contributed by atoms with E-state index >= 15 is 0 Å². The predicted octanol–water partition coefficient (Wildman–Crippen LogP) is 15.7. The molecule has 60 heavy (non-hydrogen) atoms. The van der Waals surface area contributed by atoms with Gasteiger partial charge in [-0.15, -0.1) is 0 Å². The average molecular weight is 777 g/mol. The number of anilines is 6. The Morgan fingerprint density at radius 1 is 0.283 bits per heavy atom. The molecule has 0 amide bonds. The first-order valence-corrected chi connectivity index (χ1v) is 21.3. The zero-order chi connectivity index (χ0) is 41.6. The highest BCUT2D eigenvalue weighted by Gasteiger charge is 2.52. The van der Waals surface area contributed by atoms with E-state index in [0.717, 1.165) is 5.69 Å². The van der Waals surface area contributed by atoms with Crippen LogP contribution in [0.25, 0.3) is 22.3 Å². The Kier molecular flexibility index (Phi) is 8.77. The van der Waals surface area contributed by atoms with Gasteiger partial charge in [0.2, 0.25) is 0 Å². The van der Waals surface area contributed by atoms with E-state index in [4.69, 9.17) is 0 Å². The van der Waals surface area contributed by atoms with Crippen LogP contribution in [-0.4, -0.2) is 0 Å². The first-order chi connectivity index (χ1) is 28.9. The van der Waals surface area contributed by atoms with E-state index in [9.17, 15) is 0 Å². The molecule has 0 aliphatic heterocycles. The molecule has 0 unspecified atom stereocenters. The van der Waals surface area contributed by atoms with Crippen molar-refractivity contribution in [2.75, 3.05) is 9.80 Å². The third kappa shape index (κ3) is 5.61. The van der Waals surface area contributed by atoms with Crippen molar-refractivity contribution in [2.24, 2.45) is 0 Å². The van der Waals surface area contributed by atoms with E-state index in [-0.39, 0.29) is 0 Å². The molecule has 0 heterocycles. The zero-order valence-electron chi connectivity index (χ0n) is 36.3. The molecule has 0 N–H and O–H groups in total. The van der Waals surface area contributed by atoms with Gasteiger partial charge in [0.15, 0.2) is 0 Å². The molecule has 0 saturated heterocycles. The molecule has 0 fully saturated rings. The van der Waals surface area contributed by atoms with E-state index in [1.165, 1.54) is 123 Å². The van der Waals surface area contributed by atoms with Crippen molar-refractivity contribution in [3.63, 3.8) is 0 Å². The summed E-state index contributed by atoms with van der Waals surface area (Å²) in [4.78, 5) is 5.02. The minimum atomic E-state index is -0.539. The molecule has 2 nitrogen and oxygen atoms in total. The van der Waals surface area contributed by atoms with Gasteiger partial charge in [0.1, 0.15) is 0 Å². The van der Waals surface area contributed by atoms with Crippen LogP contribution >= 0.6 is 0 Å². The van der Waals surface area contributed by atoms with Gasteiger partial charge in [0.05, 0.1) is 5.41 Å². The molecule has 0 atom stereocenters. The van der Waals surface area contributed by atoms with Crippen molar-refractivity contribution in [3.8, 4) is 22.3 Å². The van der Waals surface area contributed by atoms with Gasteiger partial charge < -0.3 is 9.80 Å². The third-order valence-electron chi connectivity index (χ3n) is 13.3. The van der Waals surface area contributed by atoms with Gasteiger partial charge in [-0.3, -0.25) is 0 Å². The molecule has 0 radical (unpaired) electrons. The highest BCUT2D eigenvalue weighted by Crippen LogP contribution is 2.64. The standard InChI is InChI=1S/C58H52N2/c1-35-18-24-53(39(5)28-35)59(54-25-19-36(2)29-40(54)6)44-22-23-47-48-32-43(9)57(60(55-26-20-37(3)30-41(55)7)56-27-21-38(4)31-42(56)8)34-52(48)58(51(47)33-44)49-16-12-10-14-45(49)46-15-11-13-17-50(46)58/h10-34H,1-9H3. The highest BCUT2D eigenvalue weighted by molar-refractivity contribution is 5.98. The Hall–Kier alpha value is -6.64. The second-order valence-electron chi connectivity index (χ2n) is 17.6. The number of benzene rings is 8. The molecule has 2 aliphatic carbocycles. The maximum Gasteiger partial charge on any atom is 0.0727 e. The minimum absolute atomic E-state index is 0.539. The van der Waals surface area contributed by atoms with Crippen molar-refractivity contribution in [3.05, 3.63) is 224 Å². The molecular weight excluding hydrogens is 725 g/mol. The van der Waals surface area contributed by atoms with E-state index < -0.39 is 5.41 Å². The van der Waals surface area contributed by atoms with Gasteiger partial charge in [-0.1, -0.05) is 125 Å². The molecule has 2 heteroatoms. The largest absolute Gasteiger partial charge is 0.310 e. The fourth-order valence-corrected chi connectivity index (χ4v) is 10.7. The number of aryl methyl sites for hydroxylation is 9. The van der Waals surface area contributed by atoms with Crippen molar-refractivity contribution in [1.82, 2.24) is 0 Å². The van der Waals surface area contributed by atoms with Crippen LogP contribution in [0.5, 0.6) is 0 Å². The minimum Gasteiger partial charge on any atom is -0.310 e. The summed E-state index contributed by atoms with van der Waals surface area (Å²) in [6.07, 6.45) is 0. The highest BCUT2D eigenvalue weighted by atomic mass is 15.2. The first kappa shape index (κ1) is 37.6. The monoisotopic (exact) mass is 776 g/mol. The predicted molar refractivity (Wildman–Crippen MR) is 255 cm³/mol. The van der Waals surface area contributed by atoms with Crippen LogP contribution in [0, 0.1) is 62.3 Å². The van der Waals surface area contributed by atoms with E-state index in [1.807, 2.05) is 0 Å². The van der Waals surface area contributed by atoms with Crippen LogP contribution in [0.3, 0.4) is 0 Å². The Morgan fingerprint density at radius 2 is 0.667 bits per heavy atom. The van der Waals surface area contributed by atoms with Crippen LogP contribution < -0.4 is 9.80 Å². The lowest BCUT2D eigenvalue weighted by Gasteiger charge is -2.34. The summed E-state index contributed by atoms with van der Waals surface area (Å²) in [5, 5.41) is 0. The smallest absolute Gasteiger partial charge is 0.0727 e. The third-order valence-corrected chi connectivity index (χ3v) is 13.3. The van der Waals surface area contributed by atoms with Gasteiger partial charge in [-0.25, -0.2) is 0 Å². The second kappa shape index (κ2) is 14.0. The zero-order valence-corrected chi connectivity index (χ0v) is 36.3. The Labute approximate surface area is 356 Å². The molecule has 10 rings (SSSR count). The normalized spacial score (nSPS) is 12.9. The van der Waals surface area contributed by atoms with Crippen LogP contribution in [0.1, 0.15) is 72.3 Å². The molecule has 0 saturated carbocycles. The van der Waals surface area contributed by atoms with Crippen LogP contribution in [0.4, 0.5) is 34.1 Å². The lowest BCUT2D eigenvalue weighted by molar-refractivity contribution is 0.793. The molecule has 0 bridgehead atoms. The van der Waals surface area contributed by atoms with Gasteiger partial charge in [-0.2, -0.15) is 0 Å². The van der Waals surface area contributed by atoms with Gasteiger partial charge in [-0.05, 0) is 183 Å². The molecule has 8 aromatic rings. The first-order valence-electron chi connectivity index (χ1n) is 21.3. The summed E-state index contributed by atoms with van der Waals surface area (Å²) in [5.74, 6) is 0. The number of nitrogens with zero attached hydrogens (tertiary/aromatic N) is 2. The van der Waals surface area contributed by atoms with Crippen molar-refractivity contribution in [2.45, 2.75) is 67.7 Å². The molecule has 1 spiro atoms. The van der Waals surface area contributed by atoms with E-state index in [1.54, 1.807) is 0 Å². The number of hydrogen-bond acceptors (Lipinski definition) is 2. The Bertz CT molecular complexity index is 2910. The number of hydrogen-bond donors (Lipinski definition) is 0. The molecule has 2 aliphatic rings. The fourth-order valence-electron chi connectivity index (χ4n) is 10.7. The topological polar surface area (TPSA) is 6.48 Å². The van der Waals surface area contributed by atoms with Crippen LogP contribution in [0.2, 0.25) is 0 Å². The Balaban J connectivity index is 1.29. The van der Waals surface area contributed by atoms with Crippen molar-refractivity contribution >= 4 is 34.1 Å². The van der Waals surface area contributed by atoms with Gasteiger partial charge in [0, 0.05) is 34.1 Å². The maximum atomic E-state index is 2.55. The number of fused-ring (bicyclic) bond motifs is 10. The summed E-state index contributed by atoms with van der Waals surface area (Å²) >= 11 is 0. The molecule has 0 aromatic heterocycles. The number of rotatable bonds is 6. The van der Waals surface area contributed by atoms with E-state index in [0.29, 0.717) is 0 Å². The van der Waals surface area contributed by atoms with Crippen LogP contribution in [-0.2, 0) is 5.41 Å². The summed E-state index contributed by atoms with van der Waals surface area (Å²) in [6.45, 7) is 20.0. The summed E-state index contributed by atoms with van der Waals surface area (Å²) < 4.78 is 0.